The van der Waals surface area contributed by atoms with Crippen LogP contribution in [0.5, 0.6) is 0 Å². The summed E-state index contributed by atoms with van der Waals surface area (Å²) in [6.07, 6.45) is 3.00. The van der Waals surface area contributed by atoms with Crippen LogP contribution >= 0.6 is 11.8 Å². The first kappa shape index (κ1) is 81.3. The fourth-order valence-electron chi connectivity index (χ4n) is 11.8. The molecule has 11 amide bonds. The Hall–Kier alpha value is -5.82. The van der Waals surface area contributed by atoms with Crippen LogP contribution in [0.25, 0.3) is 0 Å². The van der Waals surface area contributed by atoms with E-state index in [9.17, 15) is 38.7 Å². The van der Waals surface area contributed by atoms with Crippen LogP contribution in [0, 0.1) is 41.4 Å². The van der Waals surface area contributed by atoms with Gasteiger partial charge in [0.25, 0.3) is 5.91 Å². The molecule has 0 radical (unpaired) electrons. The summed E-state index contributed by atoms with van der Waals surface area (Å²) < 4.78 is 0. The van der Waals surface area contributed by atoms with E-state index >= 15 is 19.2 Å². The SMILES string of the molecule is C/C=C/C[C@@H](C)[C@@H](O)[C@H]1C(=O)N[C@@H](CC)C(=O)N(C)CC(=O)N(C)[C@@H](CC(C)C)C(=O)N[C@@H](C(C)C)C(=O)N(C)[C@@H](CC(C)C)C(=O)N[C@@H](C)C(=O)N[C@H](C)C(=O)N(C)[C@@H](CC(C)C)C(=O)N(C)[C@@H](CC(C)C)C(=O)N(C)[C@](SC2CN(C)C2)(C(C)C)C(=O)N1C. The van der Waals surface area contributed by atoms with Gasteiger partial charge in [0.1, 0.15) is 54.4 Å². The monoisotopic (exact) mass is 1300 g/mol. The number of carbonyl (C=O) groups is 11. The second-order valence-electron chi connectivity index (χ2n) is 28.1. The molecule has 0 saturated carbocycles. The normalized spacial score (nSPS) is 27.9. The molecule has 2 aliphatic rings. The van der Waals surface area contributed by atoms with Crippen LogP contribution in [-0.4, -0.2) is 256 Å². The van der Waals surface area contributed by atoms with Crippen LogP contribution in [0.2, 0.25) is 0 Å². The molecule has 24 nitrogen and oxygen atoms in total. The maximum absolute atomic E-state index is 16.2. The average Bonchev–Trinajstić information content (AvgIpc) is 0.760. The number of likely N-dealkylation sites (N-methyl/N-ethyl adjacent to an activating group) is 7. The lowest BCUT2D eigenvalue weighted by molar-refractivity contribution is -0.159. The van der Waals surface area contributed by atoms with E-state index in [4.69, 9.17) is 0 Å². The van der Waals surface area contributed by atoms with Gasteiger partial charge in [0.2, 0.25) is 59.1 Å². The van der Waals surface area contributed by atoms with Crippen molar-refractivity contribution in [2.45, 2.75) is 227 Å². The molecular weight excluding hydrogens is 1180 g/mol. The van der Waals surface area contributed by atoms with Gasteiger partial charge in [-0.1, -0.05) is 109 Å². The Morgan fingerprint density at radius 2 is 0.989 bits per heavy atom. The molecule has 2 fully saturated rings. The zero-order valence-corrected chi connectivity index (χ0v) is 60.7. The third-order valence-electron chi connectivity index (χ3n) is 17.7. The van der Waals surface area contributed by atoms with E-state index in [1.165, 1.54) is 99.4 Å². The number of rotatable bonds is 17. The zero-order chi connectivity index (χ0) is 70.2. The van der Waals surface area contributed by atoms with Gasteiger partial charge in [0.05, 0.1) is 12.6 Å². The zero-order valence-electron chi connectivity index (χ0n) is 59.8. The Bertz CT molecular complexity index is 2540. The van der Waals surface area contributed by atoms with Crippen molar-refractivity contribution in [1.29, 1.82) is 0 Å². The molecule has 2 saturated heterocycles. The van der Waals surface area contributed by atoms with Gasteiger partial charge < -0.3 is 65.6 Å². The van der Waals surface area contributed by atoms with Crippen molar-refractivity contribution in [1.82, 2.24) is 60.5 Å². The van der Waals surface area contributed by atoms with Gasteiger partial charge in [-0.25, -0.2) is 0 Å². The summed E-state index contributed by atoms with van der Waals surface area (Å²) in [5.74, 6) is -9.83. The summed E-state index contributed by atoms with van der Waals surface area (Å²) in [7, 11) is 12.0. The fraction of sp³-hybridized carbons (Fsp3) is 0.803. The highest BCUT2D eigenvalue weighted by molar-refractivity contribution is 8.02. The van der Waals surface area contributed by atoms with Crippen LogP contribution in [0.4, 0.5) is 0 Å². The van der Waals surface area contributed by atoms with Crippen LogP contribution in [-0.2, 0) is 52.7 Å². The minimum Gasteiger partial charge on any atom is -0.390 e. The molecule has 0 bridgehead atoms. The van der Waals surface area contributed by atoms with E-state index < -0.39 is 155 Å². The molecule has 0 aromatic carbocycles. The van der Waals surface area contributed by atoms with E-state index in [1.54, 1.807) is 47.6 Å². The van der Waals surface area contributed by atoms with Crippen molar-refractivity contribution in [3.63, 3.8) is 0 Å². The van der Waals surface area contributed by atoms with Crippen LogP contribution in [0.1, 0.15) is 156 Å². The Labute approximate surface area is 549 Å². The molecule has 0 unspecified atom stereocenters. The van der Waals surface area contributed by atoms with Gasteiger partial charge in [-0.2, -0.15) is 0 Å². The van der Waals surface area contributed by atoms with E-state index in [0.29, 0.717) is 19.5 Å². The number of aliphatic hydroxyl groups is 1. The smallest absolute Gasteiger partial charge is 0.259 e. The van der Waals surface area contributed by atoms with E-state index in [-0.39, 0.29) is 61.0 Å². The minimum absolute atomic E-state index is 0.0153. The summed E-state index contributed by atoms with van der Waals surface area (Å²) in [6.45, 7) is 30.7. The van der Waals surface area contributed by atoms with Gasteiger partial charge in [-0.05, 0) is 108 Å². The van der Waals surface area contributed by atoms with Gasteiger partial charge in [0.15, 0.2) is 4.87 Å². The number of likely N-dealkylation sites (tertiary alicyclic amines) is 1. The Morgan fingerprint density at radius 1 is 0.538 bits per heavy atom. The molecule has 0 spiro atoms. The van der Waals surface area contributed by atoms with Crippen LogP contribution < -0.4 is 21.3 Å². The third kappa shape index (κ3) is 21.4. The van der Waals surface area contributed by atoms with E-state index in [0.717, 1.165) is 9.80 Å². The summed E-state index contributed by atoms with van der Waals surface area (Å²) in [6, 6.07) is -11.2. The Morgan fingerprint density at radius 3 is 1.45 bits per heavy atom. The average molecular weight is 1300 g/mol. The Kier molecular flexibility index (Phi) is 32.2. The number of allylic oxidation sites excluding steroid dienone is 2. The highest BCUT2D eigenvalue weighted by Gasteiger charge is 2.56. The molecule has 520 valence electrons. The topological polar surface area (TPSA) is 282 Å². The van der Waals surface area contributed by atoms with Gasteiger partial charge >= 0.3 is 0 Å². The highest BCUT2D eigenvalue weighted by atomic mass is 32.2. The third-order valence-corrected chi connectivity index (χ3v) is 19.6. The number of hydrogen-bond acceptors (Lipinski definition) is 14. The largest absolute Gasteiger partial charge is 0.390 e. The number of hydrogen-bond donors (Lipinski definition) is 5. The standard InChI is InChI=1S/C66H118N12O12S/c1-26-28-29-43(15)55(80)54-59(84)69-47(27-2)61(86)72(19)36-52(79)73(20)48(30-37(3)4)58(83)70-53(41(11)12)64(89)74(21)49(31-38(5)6)57(82)67-44(16)56(81)68-45(17)60(85)75(22)50(32-39(7)8)62(87)76(23)51(33-40(9)10)63(88)78(25)66(42(13)14,65(90)77(54)24)91-46-34-71(18)35-46/h26,28,37-51,53-55,80H,27,29-36H2,1-25H3,(H,67,82)(H,68,81)(H,69,84)(H,70,83)/b28-26+/t43-,44+,45-,47+,48+,49+,50+,51+,53+,54+,55-,66+/m1/s1. The number of amides is 11. The summed E-state index contributed by atoms with van der Waals surface area (Å²) in [4.78, 5) is 173. The summed E-state index contributed by atoms with van der Waals surface area (Å²) in [5, 5.41) is 23.3. The number of nitrogens with one attached hydrogen (secondary N) is 4. The lowest BCUT2D eigenvalue weighted by Crippen LogP contribution is -2.69. The molecule has 2 aliphatic heterocycles. The second kappa shape index (κ2) is 36.0. The molecule has 2 rings (SSSR count). The van der Waals surface area contributed by atoms with Crippen molar-refractivity contribution in [3.05, 3.63) is 12.2 Å². The molecule has 0 aromatic rings. The highest BCUT2D eigenvalue weighted by Crippen LogP contribution is 2.44. The Balaban J connectivity index is 3.11. The first-order chi connectivity index (χ1) is 42.0. The van der Waals surface area contributed by atoms with Crippen LogP contribution in [0.15, 0.2) is 12.2 Å². The number of aliphatic hydroxyl groups excluding tert-OH is 1. The predicted octanol–water partition coefficient (Wildman–Crippen LogP) is 3.64. The maximum Gasteiger partial charge on any atom is 0.259 e. The number of carbonyl (C=O) groups excluding carboxylic acids is 11. The fourth-order valence-corrected chi connectivity index (χ4v) is 13.8. The molecule has 0 aromatic heterocycles. The van der Waals surface area contributed by atoms with Gasteiger partial charge in [0, 0.05) is 67.7 Å². The lowest BCUT2D eigenvalue weighted by Gasteiger charge is -2.51. The first-order valence-corrected chi connectivity index (χ1v) is 33.7. The molecule has 2 heterocycles. The number of nitrogens with zero attached hydrogens (tertiary/aromatic N) is 8. The quantitative estimate of drug-likeness (QED) is 0.130. The molecular formula is C66H118N12O12S. The van der Waals surface area contributed by atoms with Crippen molar-refractivity contribution < 1.29 is 57.8 Å². The van der Waals surface area contributed by atoms with Crippen molar-refractivity contribution in [3.8, 4) is 0 Å². The second-order valence-corrected chi connectivity index (χ2v) is 29.7. The van der Waals surface area contributed by atoms with Crippen LogP contribution in [0.3, 0.4) is 0 Å². The minimum atomic E-state index is -1.79. The van der Waals surface area contributed by atoms with Crippen molar-refractivity contribution in [2.75, 3.05) is 76.0 Å². The van der Waals surface area contributed by atoms with E-state index in [1.807, 2.05) is 75.4 Å². The molecule has 91 heavy (non-hydrogen) atoms. The van der Waals surface area contributed by atoms with Gasteiger partial charge in [-0.3, -0.25) is 52.7 Å². The van der Waals surface area contributed by atoms with Crippen molar-refractivity contribution in [2.24, 2.45) is 41.4 Å². The first-order valence-electron chi connectivity index (χ1n) is 32.8. The van der Waals surface area contributed by atoms with Gasteiger partial charge in [-0.15, -0.1) is 11.8 Å². The predicted molar refractivity (Wildman–Crippen MR) is 356 cm³/mol. The number of thioether (sulfide) groups is 1. The molecule has 25 heteroatoms. The molecule has 12 atom stereocenters. The summed E-state index contributed by atoms with van der Waals surface area (Å²) in [5.41, 5.74) is 0. The summed E-state index contributed by atoms with van der Waals surface area (Å²) >= 11 is 1.27. The molecule has 0 aliphatic carbocycles. The van der Waals surface area contributed by atoms with Crippen molar-refractivity contribution >= 4 is 76.7 Å². The maximum atomic E-state index is 16.2. The van der Waals surface area contributed by atoms with E-state index in [2.05, 4.69) is 26.2 Å². The lowest BCUT2D eigenvalue weighted by atomic mass is 9.91. The molecule has 5 N–H and O–H groups in total.